The molecule has 0 unspecified atom stereocenters. The van der Waals surface area contributed by atoms with E-state index in [2.05, 4.69) is 20.3 Å². The molecule has 2 heterocycles. The molecule has 2 rings (SSSR count). The summed E-state index contributed by atoms with van der Waals surface area (Å²) in [5.41, 5.74) is 5.14. The molecule has 0 aromatic carbocycles. The molecule has 0 saturated heterocycles. The molecular formula is C14H18N4. The number of rotatable bonds is 3. The van der Waals surface area contributed by atoms with Gasteiger partial charge in [-0.1, -0.05) is 6.07 Å². The van der Waals surface area contributed by atoms with Crippen LogP contribution >= 0.6 is 0 Å². The van der Waals surface area contributed by atoms with Crippen LogP contribution in [0.1, 0.15) is 22.5 Å². The van der Waals surface area contributed by atoms with Crippen LogP contribution < -0.4 is 5.32 Å². The number of aryl methyl sites for hydroxylation is 3. The van der Waals surface area contributed by atoms with Gasteiger partial charge in [0.1, 0.15) is 5.69 Å². The lowest BCUT2D eigenvalue weighted by Crippen LogP contribution is -2.11. The maximum absolute atomic E-state index is 4.57. The first kappa shape index (κ1) is 12.6. The highest BCUT2D eigenvalue weighted by Crippen LogP contribution is 2.19. The second-order valence-electron chi connectivity index (χ2n) is 4.40. The van der Waals surface area contributed by atoms with Crippen molar-refractivity contribution in [3.8, 4) is 11.5 Å². The second-order valence-corrected chi connectivity index (χ2v) is 4.40. The third-order valence-corrected chi connectivity index (χ3v) is 3.00. The molecule has 0 bridgehead atoms. The fraction of sp³-hybridized carbons (Fsp3) is 0.357. The fourth-order valence-electron chi connectivity index (χ4n) is 2.00. The SMILES string of the molecule is CNCc1c(C)nc(-c2ncccc2C)nc1C. The van der Waals surface area contributed by atoms with E-state index in [9.17, 15) is 0 Å². The van der Waals surface area contributed by atoms with Crippen molar-refractivity contribution >= 4 is 0 Å². The predicted molar refractivity (Wildman–Crippen MR) is 72.2 cm³/mol. The molecule has 0 aliphatic rings. The van der Waals surface area contributed by atoms with E-state index in [0.717, 1.165) is 34.8 Å². The van der Waals surface area contributed by atoms with Crippen LogP contribution in [0.5, 0.6) is 0 Å². The van der Waals surface area contributed by atoms with Gasteiger partial charge in [-0.2, -0.15) is 0 Å². The van der Waals surface area contributed by atoms with Gasteiger partial charge >= 0.3 is 0 Å². The van der Waals surface area contributed by atoms with Crippen molar-refractivity contribution in [2.24, 2.45) is 0 Å². The highest BCUT2D eigenvalue weighted by atomic mass is 14.9. The Balaban J connectivity index is 2.52. The highest BCUT2D eigenvalue weighted by molar-refractivity contribution is 5.54. The zero-order chi connectivity index (χ0) is 13.1. The molecule has 2 aromatic rings. The number of hydrogen-bond donors (Lipinski definition) is 1. The first-order valence-electron chi connectivity index (χ1n) is 6.04. The zero-order valence-electron chi connectivity index (χ0n) is 11.3. The van der Waals surface area contributed by atoms with Gasteiger partial charge in [-0.15, -0.1) is 0 Å². The predicted octanol–water partition coefficient (Wildman–Crippen LogP) is 2.18. The van der Waals surface area contributed by atoms with Crippen LogP contribution in [0, 0.1) is 20.8 Å². The fourth-order valence-corrected chi connectivity index (χ4v) is 2.00. The molecule has 2 aromatic heterocycles. The summed E-state index contributed by atoms with van der Waals surface area (Å²) in [4.78, 5) is 13.5. The summed E-state index contributed by atoms with van der Waals surface area (Å²) in [7, 11) is 1.93. The highest BCUT2D eigenvalue weighted by Gasteiger charge is 2.11. The van der Waals surface area contributed by atoms with Gasteiger partial charge in [0, 0.05) is 29.7 Å². The Bertz CT molecular complexity index is 540. The standard InChI is InChI=1S/C14H18N4/c1-9-6-5-7-16-13(9)14-17-10(2)12(8-15-4)11(3)18-14/h5-7,15H,8H2,1-4H3. The molecule has 0 aliphatic carbocycles. The van der Waals surface area contributed by atoms with Crippen LogP contribution in [0.4, 0.5) is 0 Å². The van der Waals surface area contributed by atoms with Gasteiger partial charge in [-0.25, -0.2) is 9.97 Å². The number of aromatic nitrogens is 3. The second kappa shape index (κ2) is 5.23. The Kier molecular flexibility index (Phi) is 3.67. The summed E-state index contributed by atoms with van der Waals surface area (Å²) in [6.45, 7) is 6.85. The minimum atomic E-state index is 0.711. The van der Waals surface area contributed by atoms with E-state index in [1.165, 1.54) is 0 Å². The van der Waals surface area contributed by atoms with Crippen molar-refractivity contribution in [2.75, 3.05) is 7.05 Å². The van der Waals surface area contributed by atoms with E-state index in [1.807, 2.05) is 40.0 Å². The number of hydrogen-bond acceptors (Lipinski definition) is 4. The van der Waals surface area contributed by atoms with Crippen molar-refractivity contribution in [1.29, 1.82) is 0 Å². The number of nitrogens with zero attached hydrogens (tertiary/aromatic N) is 3. The maximum Gasteiger partial charge on any atom is 0.178 e. The summed E-state index contributed by atoms with van der Waals surface area (Å²) in [5.74, 6) is 0.711. The minimum absolute atomic E-state index is 0.711. The van der Waals surface area contributed by atoms with Crippen LogP contribution in [0.15, 0.2) is 18.3 Å². The molecule has 1 N–H and O–H groups in total. The van der Waals surface area contributed by atoms with Crippen molar-refractivity contribution in [2.45, 2.75) is 27.3 Å². The lowest BCUT2D eigenvalue weighted by Gasteiger charge is -2.11. The van der Waals surface area contributed by atoms with Crippen molar-refractivity contribution in [3.63, 3.8) is 0 Å². The van der Waals surface area contributed by atoms with E-state index < -0.39 is 0 Å². The largest absolute Gasteiger partial charge is 0.316 e. The van der Waals surface area contributed by atoms with Crippen LogP contribution in [0.25, 0.3) is 11.5 Å². The number of nitrogens with one attached hydrogen (secondary N) is 1. The van der Waals surface area contributed by atoms with Gasteiger partial charge in [-0.05, 0) is 39.4 Å². The molecule has 4 heteroatoms. The summed E-state index contributed by atoms with van der Waals surface area (Å²) >= 11 is 0. The van der Waals surface area contributed by atoms with Gasteiger partial charge in [0.05, 0.1) is 0 Å². The Morgan fingerprint density at radius 1 is 1.11 bits per heavy atom. The molecule has 0 spiro atoms. The molecule has 0 atom stereocenters. The minimum Gasteiger partial charge on any atom is -0.316 e. The van der Waals surface area contributed by atoms with E-state index in [4.69, 9.17) is 0 Å². The van der Waals surface area contributed by atoms with Crippen LogP contribution in [0.3, 0.4) is 0 Å². The average Bonchev–Trinajstić information content (AvgIpc) is 2.34. The van der Waals surface area contributed by atoms with Crippen molar-refractivity contribution in [3.05, 3.63) is 40.8 Å². The molecule has 0 fully saturated rings. The van der Waals surface area contributed by atoms with E-state index in [0.29, 0.717) is 5.82 Å². The summed E-state index contributed by atoms with van der Waals surface area (Å²) in [6.07, 6.45) is 1.78. The lowest BCUT2D eigenvalue weighted by molar-refractivity contribution is 0.786. The van der Waals surface area contributed by atoms with Crippen LogP contribution in [-0.2, 0) is 6.54 Å². The molecular weight excluding hydrogens is 224 g/mol. The van der Waals surface area contributed by atoms with Gasteiger partial charge < -0.3 is 5.32 Å². The quantitative estimate of drug-likeness (QED) is 0.896. The summed E-state index contributed by atoms with van der Waals surface area (Å²) in [6, 6.07) is 3.95. The summed E-state index contributed by atoms with van der Waals surface area (Å²) < 4.78 is 0. The lowest BCUT2D eigenvalue weighted by atomic mass is 10.1. The average molecular weight is 242 g/mol. The Hall–Kier alpha value is -1.81. The molecule has 0 radical (unpaired) electrons. The monoisotopic (exact) mass is 242 g/mol. The molecule has 0 amide bonds. The Morgan fingerprint density at radius 2 is 1.78 bits per heavy atom. The first-order valence-corrected chi connectivity index (χ1v) is 6.04. The molecule has 4 nitrogen and oxygen atoms in total. The first-order chi connectivity index (χ1) is 8.63. The topological polar surface area (TPSA) is 50.7 Å². The van der Waals surface area contributed by atoms with Crippen LogP contribution in [0.2, 0.25) is 0 Å². The third kappa shape index (κ3) is 2.38. The smallest absolute Gasteiger partial charge is 0.178 e. The Labute approximate surface area is 108 Å². The summed E-state index contributed by atoms with van der Waals surface area (Å²) in [5, 5.41) is 3.14. The third-order valence-electron chi connectivity index (χ3n) is 3.00. The van der Waals surface area contributed by atoms with Crippen molar-refractivity contribution in [1.82, 2.24) is 20.3 Å². The van der Waals surface area contributed by atoms with Crippen LogP contribution in [-0.4, -0.2) is 22.0 Å². The van der Waals surface area contributed by atoms with E-state index >= 15 is 0 Å². The zero-order valence-corrected chi connectivity index (χ0v) is 11.3. The van der Waals surface area contributed by atoms with Gasteiger partial charge in [0.25, 0.3) is 0 Å². The molecule has 0 aliphatic heterocycles. The van der Waals surface area contributed by atoms with Gasteiger partial charge in [0.2, 0.25) is 0 Å². The van der Waals surface area contributed by atoms with E-state index in [1.54, 1.807) is 6.20 Å². The van der Waals surface area contributed by atoms with Crippen molar-refractivity contribution < 1.29 is 0 Å². The van der Waals surface area contributed by atoms with Gasteiger partial charge in [0.15, 0.2) is 5.82 Å². The van der Waals surface area contributed by atoms with E-state index in [-0.39, 0.29) is 0 Å². The molecule has 0 saturated carbocycles. The Morgan fingerprint density at radius 3 is 2.33 bits per heavy atom. The number of pyridine rings is 1. The molecule has 94 valence electrons. The molecule has 18 heavy (non-hydrogen) atoms. The normalized spacial score (nSPS) is 10.7. The maximum atomic E-state index is 4.57. The van der Waals surface area contributed by atoms with Gasteiger partial charge in [-0.3, -0.25) is 4.98 Å².